The highest BCUT2D eigenvalue weighted by Gasteiger charge is 2.34. The van der Waals surface area contributed by atoms with Crippen molar-refractivity contribution in [3.05, 3.63) is 83.6 Å². The van der Waals surface area contributed by atoms with E-state index in [-0.39, 0.29) is 30.8 Å². The molecule has 0 aliphatic heterocycles. The normalized spacial score (nSPS) is 14.0. The zero-order valence-corrected chi connectivity index (χ0v) is 26.6. The van der Waals surface area contributed by atoms with Crippen LogP contribution in [-0.2, 0) is 22.6 Å². The van der Waals surface area contributed by atoms with Crippen molar-refractivity contribution in [3.63, 3.8) is 0 Å². The molecular formula is C36H43N3O6. The highest BCUT2D eigenvalue weighted by atomic mass is 16.5. The molecule has 2 N–H and O–H groups in total. The van der Waals surface area contributed by atoms with Crippen LogP contribution in [0.2, 0.25) is 0 Å². The van der Waals surface area contributed by atoms with Crippen LogP contribution in [0, 0.1) is 0 Å². The predicted octanol–water partition coefficient (Wildman–Crippen LogP) is 6.35. The van der Waals surface area contributed by atoms with Gasteiger partial charge < -0.3 is 34.1 Å². The second-order valence-electron chi connectivity index (χ2n) is 11.4. The van der Waals surface area contributed by atoms with Gasteiger partial charge in [0.25, 0.3) is 0 Å². The molecule has 1 aliphatic carbocycles. The van der Waals surface area contributed by atoms with Gasteiger partial charge in [0, 0.05) is 36.1 Å². The number of H-pyrrole nitrogens is 1. The van der Waals surface area contributed by atoms with Crippen molar-refractivity contribution in [2.24, 2.45) is 0 Å². The van der Waals surface area contributed by atoms with Gasteiger partial charge >= 0.3 is 0 Å². The molecule has 45 heavy (non-hydrogen) atoms. The molecule has 2 amide bonds. The number of aromatic nitrogens is 1. The second kappa shape index (κ2) is 14.9. The number of para-hydroxylation sites is 1. The van der Waals surface area contributed by atoms with Crippen molar-refractivity contribution in [1.82, 2.24) is 15.2 Å². The monoisotopic (exact) mass is 613 g/mol. The van der Waals surface area contributed by atoms with Gasteiger partial charge in [-0.1, -0.05) is 49.6 Å². The van der Waals surface area contributed by atoms with Gasteiger partial charge in [0.1, 0.15) is 11.8 Å². The molecule has 0 radical (unpaired) electrons. The molecule has 1 atom stereocenters. The zero-order chi connectivity index (χ0) is 31.8. The topological polar surface area (TPSA) is 102 Å². The summed E-state index contributed by atoms with van der Waals surface area (Å²) in [5.74, 6) is 1.53. The largest absolute Gasteiger partial charge is 0.497 e. The van der Waals surface area contributed by atoms with Crippen LogP contribution in [0.1, 0.15) is 61.3 Å². The van der Waals surface area contributed by atoms with E-state index in [0.29, 0.717) is 35.0 Å². The molecule has 238 valence electrons. The molecule has 1 unspecified atom stereocenters. The third-order valence-corrected chi connectivity index (χ3v) is 8.60. The molecule has 1 aromatic heterocycles. The van der Waals surface area contributed by atoms with Crippen LogP contribution >= 0.6 is 0 Å². The number of carbonyl (C=O) groups is 2. The zero-order valence-electron chi connectivity index (χ0n) is 26.6. The van der Waals surface area contributed by atoms with E-state index in [1.54, 1.807) is 38.4 Å². The number of nitrogens with zero attached hydrogens (tertiary/aromatic N) is 1. The van der Waals surface area contributed by atoms with E-state index in [1.165, 1.54) is 7.11 Å². The summed E-state index contributed by atoms with van der Waals surface area (Å²) in [7, 11) is 6.23. The number of methoxy groups -OCH3 is 4. The lowest BCUT2D eigenvalue weighted by atomic mass is 9.94. The first-order valence-electron chi connectivity index (χ1n) is 15.5. The number of rotatable bonds is 13. The Kier molecular flexibility index (Phi) is 10.5. The van der Waals surface area contributed by atoms with Crippen LogP contribution in [0.5, 0.6) is 23.0 Å². The number of aromatic amines is 1. The lowest BCUT2D eigenvalue weighted by Gasteiger charge is -2.34. The van der Waals surface area contributed by atoms with Crippen LogP contribution in [0.25, 0.3) is 10.9 Å². The lowest BCUT2D eigenvalue weighted by Crippen LogP contribution is -2.47. The minimum atomic E-state index is -0.956. The molecule has 9 heteroatoms. The number of aryl methyl sites for hydroxylation is 1. The van der Waals surface area contributed by atoms with Gasteiger partial charge in [-0.25, -0.2) is 0 Å². The molecule has 0 spiro atoms. The third kappa shape index (κ3) is 7.36. The molecule has 1 fully saturated rings. The summed E-state index contributed by atoms with van der Waals surface area (Å²) < 4.78 is 22.4. The van der Waals surface area contributed by atoms with Crippen LogP contribution in [-0.4, -0.2) is 56.2 Å². The minimum Gasteiger partial charge on any atom is -0.497 e. The van der Waals surface area contributed by atoms with Crippen molar-refractivity contribution < 1.29 is 28.5 Å². The van der Waals surface area contributed by atoms with Crippen molar-refractivity contribution >= 4 is 22.7 Å². The number of benzene rings is 3. The fourth-order valence-corrected chi connectivity index (χ4v) is 6.27. The van der Waals surface area contributed by atoms with E-state index in [1.807, 2.05) is 48.7 Å². The molecule has 5 rings (SSSR count). The summed E-state index contributed by atoms with van der Waals surface area (Å²) in [6.45, 7) is 0.198. The smallest absolute Gasteiger partial charge is 0.247 e. The number of hydrogen-bond donors (Lipinski definition) is 2. The average Bonchev–Trinajstić information content (AvgIpc) is 3.50. The molecule has 0 saturated heterocycles. The molecule has 9 nitrogen and oxygen atoms in total. The van der Waals surface area contributed by atoms with E-state index in [2.05, 4.69) is 16.4 Å². The maximum absolute atomic E-state index is 14.4. The first-order valence-corrected chi connectivity index (χ1v) is 15.5. The van der Waals surface area contributed by atoms with Gasteiger partial charge in [0.05, 0.1) is 28.4 Å². The summed E-state index contributed by atoms with van der Waals surface area (Å²) in [5, 5.41) is 4.37. The summed E-state index contributed by atoms with van der Waals surface area (Å²) >= 11 is 0. The van der Waals surface area contributed by atoms with Crippen LogP contribution in [0.4, 0.5) is 0 Å². The molecule has 1 saturated carbocycles. The second-order valence-corrected chi connectivity index (χ2v) is 11.4. The van der Waals surface area contributed by atoms with Crippen LogP contribution in [0.3, 0.4) is 0 Å². The molecule has 0 bridgehead atoms. The average molecular weight is 614 g/mol. The number of hydrogen-bond acceptors (Lipinski definition) is 6. The number of fused-ring (bicyclic) bond motifs is 1. The van der Waals surface area contributed by atoms with Gasteiger partial charge in [0.2, 0.25) is 17.6 Å². The van der Waals surface area contributed by atoms with Gasteiger partial charge in [-0.2, -0.15) is 0 Å². The molecule has 1 heterocycles. The summed E-state index contributed by atoms with van der Waals surface area (Å²) in [6, 6.07) is 18.2. The quantitative estimate of drug-likeness (QED) is 0.182. The molecule has 1 aliphatic rings. The predicted molar refractivity (Wildman–Crippen MR) is 174 cm³/mol. The third-order valence-electron chi connectivity index (χ3n) is 8.60. The van der Waals surface area contributed by atoms with Crippen molar-refractivity contribution in [2.75, 3.05) is 28.4 Å². The van der Waals surface area contributed by atoms with Gasteiger partial charge in [0.15, 0.2) is 11.5 Å². The highest BCUT2D eigenvalue weighted by molar-refractivity contribution is 5.90. The number of ether oxygens (including phenoxy) is 4. The number of nitrogens with one attached hydrogen (secondary N) is 2. The van der Waals surface area contributed by atoms with E-state index in [0.717, 1.165) is 54.1 Å². The molecule has 3 aromatic carbocycles. The Bertz CT molecular complexity index is 1580. The Morgan fingerprint density at radius 1 is 0.889 bits per heavy atom. The first-order chi connectivity index (χ1) is 21.9. The summed E-state index contributed by atoms with van der Waals surface area (Å²) in [6.07, 6.45) is 7.81. The van der Waals surface area contributed by atoms with E-state index >= 15 is 0 Å². The Balaban J connectivity index is 1.56. The van der Waals surface area contributed by atoms with Crippen molar-refractivity contribution in [1.29, 1.82) is 0 Å². The fourth-order valence-electron chi connectivity index (χ4n) is 6.27. The SMILES string of the molecule is COc1cccc(CN(C(=O)CCc2c[nH]c3ccccc23)C(C(=O)NC2CCCCC2)c2cc(OC)c(OC)c(OC)c2)c1. The van der Waals surface area contributed by atoms with Gasteiger partial charge in [-0.05, 0) is 66.3 Å². The maximum Gasteiger partial charge on any atom is 0.247 e. The van der Waals surface area contributed by atoms with Crippen LogP contribution < -0.4 is 24.3 Å². The van der Waals surface area contributed by atoms with E-state index in [4.69, 9.17) is 18.9 Å². The number of amides is 2. The lowest BCUT2D eigenvalue weighted by molar-refractivity contribution is -0.142. The van der Waals surface area contributed by atoms with Crippen LogP contribution in [0.15, 0.2) is 66.9 Å². The van der Waals surface area contributed by atoms with E-state index < -0.39 is 6.04 Å². The highest BCUT2D eigenvalue weighted by Crippen LogP contribution is 2.41. The maximum atomic E-state index is 14.4. The van der Waals surface area contributed by atoms with Gasteiger partial charge in [-0.3, -0.25) is 9.59 Å². The number of carbonyl (C=O) groups excluding carboxylic acids is 2. The Hall–Kier alpha value is -4.66. The van der Waals surface area contributed by atoms with Crippen molar-refractivity contribution in [3.8, 4) is 23.0 Å². The van der Waals surface area contributed by atoms with Gasteiger partial charge in [-0.15, -0.1) is 0 Å². The standard InChI is InChI=1S/C36H43N3O6/c1-42-28-14-10-11-24(19-28)23-39(33(40)18-17-25-22-37-30-16-9-8-15-29(25)30)34(36(41)38-27-12-6-5-7-13-27)26-20-31(43-2)35(45-4)32(21-26)44-3/h8-11,14-16,19-22,27,34,37H,5-7,12-13,17-18,23H2,1-4H3,(H,38,41). The van der Waals surface area contributed by atoms with E-state index in [9.17, 15) is 9.59 Å². The minimum absolute atomic E-state index is 0.0516. The Labute approximate surface area is 264 Å². The first kappa shape index (κ1) is 31.8. The summed E-state index contributed by atoms with van der Waals surface area (Å²) in [4.78, 5) is 33.7. The fraction of sp³-hybridized carbons (Fsp3) is 0.389. The molecular weight excluding hydrogens is 570 g/mol. The summed E-state index contributed by atoms with van der Waals surface area (Å²) in [5.41, 5.74) is 3.49. The Morgan fingerprint density at radius 3 is 2.31 bits per heavy atom. The Morgan fingerprint density at radius 2 is 1.62 bits per heavy atom. The van der Waals surface area contributed by atoms with Crippen molar-refractivity contribution in [2.45, 2.75) is 63.6 Å². The molecule has 4 aromatic rings.